The molecule has 0 radical (unpaired) electrons. The van der Waals surface area contributed by atoms with Crippen molar-refractivity contribution in [1.82, 2.24) is 5.32 Å². The van der Waals surface area contributed by atoms with Crippen LogP contribution in [0.15, 0.2) is 48.5 Å². The van der Waals surface area contributed by atoms with E-state index >= 15 is 0 Å². The van der Waals surface area contributed by atoms with Crippen molar-refractivity contribution in [3.8, 4) is 0 Å². The molecule has 18 heavy (non-hydrogen) atoms. The Morgan fingerprint density at radius 1 is 1.17 bits per heavy atom. The van der Waals surface area contributed by atoms with Gasteiger partial charge in [0.1, 0.15) is 5.82 Å². The lowest BCUT2D eigenvalue weighted by molar-refractivity contribution is 0.0947. The molecule has 0 heterocycles. The number of hydrogen-bond acceptors (Lipinski definition) is 2. The van der Waals surface area contributed by atoms with Gasteiger partial charge in [-0.1, -0.05) is 30.3 Å². The number of amides is 1. The van der Waals surface area contributed by atoms with Gasteiger partial charge in [0.15, 0.2) is 0 Å². The van der Waals surface area contributed by atoms with Gasteiger partial charge in [-0.2, -0.15) is 0 Å². The number of carbonyl (C=O) groups excluding carboxylic acids is 1. The Morgan fingerprint density at radius 2 is 1.89 bits per heavy atom. The van der Waals surface area contributed by atoms with Crippen molar-refractivity contribution in [3.05, 3.63) is 65.5 Å². The third-order valence-corrected chi connectivity index (χ3v) is 2.53. The maximum Gasteiger partial charge on any atom is 0.254 e. The summed E-state index contributed by atoms with van der Waals surface area (Å²) < 4.78 is 13.4. The number of nitrogen functional groups attached to an aromatic ring is 1. The van der Waals surface area contributed by atoms with Gasteiger partial charge >= 0.3 is 0 Å². The molecule has 0 bridgehead atoms. The van der Waals surface area contributed by atoms with Crippen molar-refractivity contribution in [2.45, 2.75) is 6.54 Å². The van der Waals surface area contributed by atoms with Gasteiger partial charge in [-0.15, -0.1) is 0 Å². The van der Waals surface area contributed by atoms with Gasteiger partial charge in [-0.25, -0.2) is 4.39 Å². The summed E-state index contributed by atoms with van der Waals surface area (Å²) in [6, 6.07) is 13.4. The van der Waals surface area contributed by atoms with Crippen LogP contribution in [0, 0.1) is 5.82 Å². The smallest absolute Gasteiger partial charge is 0.254 e. The fourth-order valence-corrected chi connectivity index (χ4v) is 1.59. The molecule has 1 amide bonds. The van der Waals surface area contributed by atoms with Gasteiger partial charge in [0, 0.05) is 12.2 Å². The van der Waals surface area contributed by atoms with E-state index in [-0.39, 0.29) is 5.56 Å². The van der Waals surface area contributed by atoms with Crippen LogP contribution in [0.5, 0.6) is 0 Å². The van der Waals surface area contributed by atoms with Crippen LogP contribution in [0.25, 0.3) is 0 Å². The summed E-state index contributed by atoms with van der Waals surface area (Å²) in [4.78, 5) is 11.8. The molecule has 0 unspecified atom stereocenters. The molecule has 2 aromatic rings. The fourth-order valence-electron chi connectivity index (χ4n) is 1.59. The molecule has 0 aliphatic carbocycles. The molecular formula is C14H13FN2O. The first-order valence-corrected chi connectivity index (χ1v) is 5.54. The Morgan fingerprint density at radius 3 is 2.61 bits per heavy atom. The molecule has 92 valence electrons. The molecule has 2 aromatic carbocycles. The summed E-state index contributed by atoms with van der Waals surface area (Å²) in [7, 11) is 0. The molecule has 0 atom stereocenters. The minimum Gasteiger partial charge on any atom is -0.399 e. The SMILES string of the molecule is Nc1ccc(F)c(C(=O)NCc2ccccc2)c1. The van der Waals surface area contributed by atoms with Crippen LogP contribution in [0.3, 0.4) is 0 Å². The Bertz CT molecular complexity index is 555. The maximum absolute atomic E-state index is 13.4. The van der Waals surface area contributed by atoms with Crippen LogP contribution in [-0.2, 0) is 6.54 Å². The normalized spacial score (nSPS) is 10.1. The van der Waals surface area contributed by atoms with Crippen molar-refractivity contribution in [3.63, 3.8) is 0 Å². The van der Waals surface area contributed by atoms with E-state index in [4.69, 9.17) is 5.73 Å². The number of carbonyl (C=O) groups is 1. The summed E-state index contributed by atoms with van der Waals surface area (Å²) in [5.74, 6) is -1.04. The van der Waals surface area contributed by atoms with Crippen molar-refractivity contribution in [2.75, 3.05) is 5.73 Å². The molecule has 0 spiro atoms. The van der Waals surface area contributed by atoms with Crippen LogP contribution in [0.2, 0.25) is 0 Å². The van der Waals surface area contributed by atoms with Crippen molar-refractivity contribution < 1.29 is 9.18 Å². The van der Waals surface area contributed by atoms with Gasteiger partial charge in [0.2, 0.25) is 0 Å². The fraction of sp³-hybridized carbons (Fsp3) is 0.0714. The van der Waals surface area contributed by atoms with Gasteiger partial charge in [-0.3, -0.25) is 4.79 Å². The zero-order valence-electron chi connectivity index (χ0n) is 9.69. The second-order valence-electron chi connectivity index (χ2n) is 3.91. The molecule has 3 N–H and O–H groups in total. The van der Waals surface area contributed by atoms with E-state index in [1.165, 1.54) is 18.2 Å². The lowest BCUT2D eigenvalue weighted by Crippen LogP contribution is -2.23. The number of rotatable bonds is 3. The third kappa shape index (κ3) is 2.85. The first kappa shape index (κ1) is 12.1. The molecule has 2 rings (SSSR count). The summed E-state index contributed by atoms with van der Waals surface area (Å²) in [6.07, 6.45) is 0. The minimum atomic E-state index is -0.574. The van der Waals surface area contributed by atoms with E-state index in [1.54, 1.807) is 0 Å². The topological polar surface area (TPSA) is 55.1 Å². The highest BCUT2D eigenvalue weighted by Crippen LogP contribution is 2.12. The van der Waals surface area contributed by atoms with E-state index in [2.05, 4.69) is 5.32 Å². The van der Waals surface area contributed by atoms with Crippen LogP contribution in [0.4, 0.5) is 10.1 Å². The molecule has 0 aromatic heterocycles. The van der Waals surface area contributed by atoms with E-state index in [0.29, 0.717) is 12.2 Å². The highest BCUT2D eigenvalue weighted by Gasteiger charge is 2.11. The number of anilines is 1. The molecular weight excluding hydrogens is 231 g/mol. The second-order valence-corrected chi connectivity index (χ2v) is 3.91. The Labute approximate surface area is 104 Å². The number of benzene rings is 2. The zero-order valence-corrected chi connectivity index (χ0v) is 9.69. The minimum absolute atomic E-state index is 0.0362. The molecule has 0 saturated carbocycles. The molecule has 0 aliphatic heterocycles. The summed E-state index contributed by atoms with van der Waals surface area (Å²) in [6.45, 7) is 0.355. The van der Waals surface area contributed by atoms with Crippen molar-refractivity contribution in [2.24, 2.45) is 0 Å². The van der Waals surface area contributed by atoms with E-state index in [0.717, 1.165) is 5.56 Å². The van der Waals surface area contributed by atoms with Crippen LogP contribution >= 0.6 is 0 Å². The summed E-state index contributed by atoms with van der Waals surface area (Å²) in [5, 5.41) is 2.65. The largest absolute Gasteiger partial charge is 0.399 e. The Balaban J connectivity index is 2.06. The Hall–Kier alpha value is -2.36. The van der Waals surface area contributed by atoms with Gasteiger partial charge in [-0.05, 0) is 23.8 Å². The monoisotopic (exact) mass is 244 g/mol. The van der Waals surface area contributed by atoms with E-state index in [1.807, 2.05) is 30.3 Å². The van der Waals surface area contributed by atoms with E-state index in [9.17, 15) is 9.18 Å². The number of halogens is 1. The molecule has 3 nitrogen and oxygen atoms in total. The summed E-state index contributed by atoms with van der Waals surface area (Å²) in [5.41, 5.74) is 6.81. The molecule has 0 saturated heterocycles. The summed E-state index contributed by atoms with van der Waals surface area (Å²) >= 11 is 0. The highest BCUT2D eigenvalue weighted by atomic mass is 19.1. The van der Waals surface area contributed by atoms with Gasteiger partial charge < -0.3 is 11.1 Å². The standard InChI is InChI=1S/C14H13FN2O/c15-13-7-6-11(16)8-12(13)14(18)17-9-10-4-2-1-3-5-10/h1-8H,9,16H2,(H,17,18). The Kier molecular flexibility index (Phi) is 3.57. The average Bonchev–Trinajstić information content (AvgIpc) is 2.40. The molecule has 4 heteroatoms. The molecule has 0 aliphatic rings. The maximum atomic E-state index is 13.4. The van der Waals surface area contributed by atoms with Crippen molar-refractivity contribution >= 4 is 11.6 Å². The average molecular weight is 244 g/mol. The molecule has 0 fully saturated rings. The lowest BCUT2D eigenvalue weighted by Gasteiger charge is -2.06. The van der Waals surface area contributed by atoms with Gasteiger partial charge in [0.25, 0.3) is 5.91 Å². The first-order chi connectivity index (χ1) is 8.66. The second kappa shape index (κ2) is 5.31. The van der Waals surface area contributed by atoms with Gasteiger partial charge in [0.05, 0.1) is 5.56 Å². The number of nitrogens with one attached hydrogen (secondary N) is 1. The first-order valence-electron chi connectivity index (χ1n) is 5.54. The van der Waals surface area contributed by atoms with Crippen molar-refractivity contribution in [1.29, 1.82) is 0 Å². The predicted molar refractivity (Wildman–Crippen MR) is 68.4 cm³/mol. The quantitative estimate of drug-likeness (QED) is 0.814. The van der Waals surface area contributed by atoms with Crippen LogP contribution in [-0.4, -0.2) is 5.91 Å². The van der Waals surface area contributed by atoms with E-state index < -0.39 is 11.7 Å². The lowest BCUT2D eigenvalue weighted by atomic mass is 10.1. The van der Waals surface area contributed by atoms with Crippen LogP contribution in [0.1, 0.15) is 15.9 Å². The highest BCUT2D eigenvalue weighted by molar-refractivity contribution is 5.95. The third-order valence-electron chi connectivity index (χ3n) is 2.53. The number of hydrogen-bond donors (Lipinski definition) is 2. The number of nitrogens with two attached hydrogens (primary N) is 1. The zero-order chi connectivity index (χ0) is 13.0. The predicted octanol–water partition coefficient (Wildman–Crippen LogP) is 2.34. The van der Waals surface area contributed by atoms with Crippen LogP contribution < -0.4 is 11.1 Å².